The number of anilines is 1. The van der Waals surface area contributed by atoms with E-state index in [2.05, 4.69) is 22.5 Å². The molecule has 0 aliphatic carbocycles. The molecule has 8 N–H and O–H groups in total. The summed E-state index contributed by atoms with van der Waals surface area (Å²) in [4.78, 5) is 55.6. The Hall–Kier alpha value is -5.21. The quantitative estimate of drug-likeness (QED) is 0.0430. The van der Waals surface area contributed by atoms with Crippen LogP contribution in [0.2, 0.25) is 0 Å². The molecule has 2 aromatic carbocycles. The second-order valence-electron chi connectivity index (χ2n) is 12.6. The van der Waals surface area contributed by atoms with Gasteiger partial charge >= 0.3 is 18.0 Å². The average Bonchev–Trinajstić information content (AvgIpc) is 3.15. The fourth-order valence-electron chi connectivity index (χ4n) is 4.95. The molecule has 0 fully saturated rings. The second kappa shape index (κ2) is 21.9. The fourth-order valence-corrected chi connectivity index (χ4v) is 4.95. The molecule has 0 saturated carbocycles. The van der Waals surface area contributed by atoms with Crippen molar-refractivity contribution in [2.45, 2.75) is 65.0 Å². The third-order valence-electron chi connectivity index (χ3n) is 8.15. The molecule has 0 radical (unpaired) electrons. The summed E-state index contributed by atoms with van der Waals surface area (Å²) in [5.41, 5.74) is 20.8. The number of carbonyl (C=O) groups is 4. The van der Waals surface area contributed by atoms with Gasteiger partial charge in [-0.1, -0.05) is 64.3 Å². The van der Waals surface area contributed by atoms with E-state index in [-0.39, 0.29) is 43.8 Å². The Morgan fingerprint density at radius 3 is 2.38 bits per heavy atom. The standard InChI is InChI=1S/C38H53N7O7/c1-4-5-6-9-21-52-38(49)44-35(41)27-14-16-30(17-15-27)43-25-31(39)28-11-10-12-29(24-28)36(47)45(32-13-7-8-19-42-32)20-18-33(46)50-22-23-51-37(48)34(40)26(2)3/h7-8,10-17,24,26,31,34,42-43H,4-6,9,18-23,25,39-40H2,1-3H3,(H2,41,44,49)/t31?,34-/m1/s1. The summed E-state index contributed by atoms with van der Waals surface area (Å²) < 4.78 is 15.4. The maximum atomic E-state index is 13.8. The maximum Gasteiger partial charge on any atom is 0.435 e. The first-order valence-corrected chi connectivity index (χ1v) is 17.7. The van der Waals surface area contributed by atoms with E-state index in [1.807, 2.05) is 32.1 Å². The molecule has 0 spiro atoms. The van der Waals surface area contributed by atoms with Crippen LogP contribution in [0.25, 0.3) is 0 Å². The van der Waals surface area contributed by atoms with Crippen LogP contribution in [0, 0.1) is 5.92 Å². The predicted octanol–water partition coefficient (Wildman–Crippen LogP) is 4.12. The molecule has 1 aliphatic rings. The van der Waals surface area contributed by atoms with E-state index in [4.69, 9.17) is 31.4 Å². The van der Waals surface area contributed by atoms with Crippen LogP contribution in [0.4, 0.5) is 10.5 Å². The number of ether oxygens (including phenoxy) is 3. The summed E-state index contributed by atoms with van der Waals surface area (Å²) in [5, 5.41) is 6.46. The van der Waals surface area contributed by atoms with Crippen LogP contribution in [-0.2, 0) is 23.8 Å². The van der Waals surface area contributed by atoms with Crippen LogP contribution >= 0.6 is 0 Å². The summed E-state index contributed by atoms with van der Waals surface area (Å²) >= 11 is 0. The number of aliphatic imine (C=N–C) groups is 1. The van der Waals surface area contributed by atoms with Crippen LogP contribution in [0.5, 0.6) is 0 Å². The van der Waals surface area contributed by atoms with Crippen LogP contribution < -0.4 is 27.8 Å². The van der Waals surface area contributed by atoms with E-state index >= 15 is 0 Å². The van der Waals surface area contributed by atoms with Crippen molar-refractivity contribution in [2.24, 2.45) is 28.1 Å². The summed E-state index contributed by atoms with van der Waals surface area (Å²) in [5.74, 6) is -0.897. The van der Waals surface area contributed by atoms with Crippen molar-refractivity contribution in [1.82, 2.24) is 10.2 Å². The van der Waals surface area contributed by atoms with Crippen LogP contribution in [0.3, 0.4) is 0 Å². The first-order valence-electron chi connectivity index (χ1n) is 17.7. The molecule has 1 heterocycles. The third-order valence-corrected chi connectivity index (χ3v) is 8.15. The van der Waals surface area contributed by atoms with E-state index in [1.54, 1.807) is 48.5 Å². The van der Waals surface area contributed by atoms with Crippen molar-refractivity contribution >= 4 is 35.5 Å². The van der Waals surface area contributed by atoms with Crippen LogP contribution in [0.15, 0.2) is 77.6 Å². The van der Waals surface area contributed by atoms with Crippen molar-refractivity contribution in [3.05, 3.63) is 89.3 Å². The van der Waals surface area contributed by atoms with E-state index < -0.39 is 30.1 Å². The number of rotatable bonds is 20. The Bertz CT molecular complexity index is 1570. The van der Waals surface area contributed by atoms with Gasteiger partial charge in [0.1, 0.15) is 30.9 Å². The zero-order chi connectivity index (χ0) is 37.9. The molecule has 3 rings (SSSR count). The lowest BCUT2D eigenvalue weighted by molar-refractivity contribution is -0.153. The van der Waals surface area contributed by atoms with Crippen molar-refractivity contribution in [1.29, 1.82) is 0 Å². The minimum atomic E-state index is -0.751. The highest BCUT2D eigenvalue weighted by atomic mass is 16.6. The van der Waals surface area contributed by atoms with Crippen LogP contribution in [0.1, 0.15) is 80.4 Å². The molecular formula is C38H53N7O7. The summed E-state index contributed by atoms with van der Waals surface area (Å²) in [6, 6.07) is 12.9. The van der Waals surface area contributed by atoms with Gasteiger partial charge in [0, 0.05) is 42.5 Å². The number of benzene rings is 2. The lowest BCUT2D eigenvalue weighted by Gasteiger charge is -2.27. The number of hydrogen-bond acceptors (Lipinski definition) is 11. The average molecular weight is 720 g/mol. The Kier molecular flexibility index (Phi) is 17.3. The molecule has 1 aliphatic heterocycles. The Morgan fingerprint density at radius 2 is 1.69 bits per heavy atom. The van der Waals surface area contributed by atoms with Crippen molar-refractivity contribution in [3.8, 4) is 0 Å². The number of nitrogens with two attached hydrogens (primary N) is 3. The minimum Gasteiger partial charge on any atom is -0.462 e. The number of nitrogens with zero attached hydrogens (tertiary/aromatic N) is 2. The van der Waals surface area contributed by atoms with Gasteiger partial charge in [0.2, 0.25) is 0 Å². The maximum absolute atomic E-state index is 13.8. The zero-order valence-corrected chi connectivity index (χ0v) is 30.3. The number of carbonyl (C=O) groups excluding carboxylic acids is 4. The summed E-state index contributed by atoms with van der Waals surface area (Å²) in [6.45, 7) is 6.74. The van der Waals surface area contributed by atoms with Crippen LogP contribution in [-0.4, -0.2) is 80.2 Å². The molecule has 2 amide bonds. The molecule has 0 aromatic heterocycles. The fraction of sp³-hybridized carbons (Fsp3) is 0.447. The molecular weight excluding hydrogens is 666 g/mol. The van der Waals surface area contributed by atoms with Gasteiger partial charge in [-0.2, -0.15) is 4.99 Å². The zero-order valence-electron chi connectivity index (χ0n) is 30.3. The first-order chi connectivity index (χ1) is 25.0. The van der Waals surface area contributed by atoms with Gasteiger partial charge in [0.15, 0.2) is 0 Å². The highest BCUT2D eigenvalue weighted by Crippen LogP contribution is 2.19. The molecule has 2 atom stereocenters. The number of allylic oxidation sites excluding steroid dienone is 2. The number of esters is 2. The van der Waals surface area contributed by atoms with Gasteiger partial charge in [0.05, 0.1) is 13.0 Å². The Labute approximate surface area is 305 Å². The molecule has 14 nitrogen and oxygen atoms in total. The van der Waals surface area contributed by atoms with Crippen molar-refractivity contribution < 1.29 is 33.4 Å². The topological polar surface area (TPSA) is 214 Å². The van der Waals surface area contributed by atoms with Crippen molar-refractivity contribution in [3.63, 3.8) is 0 Å². The Morgan fingerprint density at radius 1 is 0.942 bits per heavy atom. The normalized spacial score (nSPS) is 13.7. The van der Waals surface area contributed by atoms with Crippen molar-refractivity contribution in [2.75, 3.05) is 44.8 Å². The van der Waals surface area contributed by atoms with Gasteiger partial charge in [-0.15, -0.1) is 0 Å². The number of unbranched alkanes of at least 4 members (excludes halogenated alkanes) is 3. The number of hydrogen-bond donors (Lipinski definition) is 5. The number of amides is 2. The summed E-state index contributed by atoms with van der Waals surface area (Å²) in [6.07, 6.45) is 8.68. The van der Waals surface area contributed by atoms with Gasteiger partial charge in [-0.05, 0) is 60.4 Å². The van der Waals surface area contributed by atoms with E-state index in [0.29, 0.717) is 36.6 Å². The van der Waals surface area contributed by atoms with Gasteiger partial charge < -0.3 is 42.0 Å². The smallest absolute Gasteiger partial charge is 0.435 e. The lowest BCUT2D eigenvalue weighted by Crippen LogP contribution is -2.39. The highest BCUT2D eigenvalue weighted by molar-refractivity contribution is 6.03. The van der Waals surface area contributed by atoms with E-state index in [9.17, 15) is 19.2 Å². The van der Waals surface area contributed by atoms with E-state index in [1.165, 1.54) is 4.90 Å². The Balaban J connectivity index is 1.55. The highest BCUT2D eigenvalue weighted by Gasteiger charge is 2.23. The minimum absolute atomic E-state index is 0.0473. The monoisotopic (exact) mass is 719 g/mol. The second-order valence-corrected chi connectivity index (χ2v) is 12.6. The van der Waals surface area contributed by atoms with E-state index in [0.717, 1.165) is 36.9 Å². The van der Waals surface area contributed by atoms with Gasteiger partial charge in [-0.25, -0.2) is 4.79 Å². The molecule has 1 unspecified atom stereocenters. The third kappa shape index (κ3) is 13.8. The SMILES string of the molecule is CCCCCCOC(=O)/N=C(\N)c1ccc(NCC(N)c2cccc(C(=O)N(CCC(=O)OCCOC(=O)[C@H](N)C(C)C)C3=CC=CCN3)c2)cc1. The first kappa shape index (κ1) is 41.2. The van der Waals surface area contributed by atoms with Gasteiger partial charge in [0.25, 0.3) is 5.91 Å². The molecule has 52 heavy (non-hydrogen) atoms. The molecule has 2 aromatic rings. The largest absolute Gasteiger partial charge is 0.462 e. The molecule has 282 valence electrons. The number of nitrogens with one attached hydrogen (secondary N) is 2. The van der Waals surface area contributed by atoms with Gasteiger partial charge in [-0.3, -0.25) is 19.3 Å². The lowest BCUT2D eigenvalue weighted by atomic mass is 10.0. The molecule has 14 heteroatoms. The summed E-state index contributed by atoms with van der Waals surface area (Å²) in [7, 11) is 0. The number of amidine groups is 1. The number of dihydropyridines is 1. The predicted molar refractivity (Wildman–Crippen MR) is 200 cm³/mol. The molecule has 0 saturated heterocycles. The molecule has 0 bridgehead atoms.